The second kappa shape index (κ2) is 4.35. The van der Waals surface area contributed by atoms with Gasteiger partial charge in [-0.25, -0.2) is 9.79 Å². The van der Waals surface area contributed by atoms with Gasteiger partial charge in [0.15, 0.2) is 0 Å². The molecule has 0 spiro atoms. The van der Waals surface area contributed by atoms with Gasteiger partial charge in [-0.2, -0.15) is 5.10 Å². The number of isocyanates is 1. The van der Waals surface area contributed by atoms with E-state index in [9.17, 15) is 4.79 Å². The number of rotatable bonds is 3. The van der Waals surface area contributed by atoms with Gasteiger partial charge in [0.05, 0.1) is 18.4 Å². The fourth-order valence-corrected chi connectivity index (χ4v) is 1.40. The van der Waals surface area contributed by atoms with Crippen molar-refractivity contribution in [2.75, 3.05) is 0 Å². The number of aromatic amines is 1. The maximum Gasteiger partial charge on any atom is 0.235 e. The minimum atomic E-state index is 0.310. The molecule has 0 atom stereocenters. The van der Waals surface area contributed by atoms with Crippen LogP contribution in [0.4, 0.5) is 0 Å². The van der Waals surface area contributed by atoms with E-state index in [1.54, 1.807) is 6.20 Å². The number of H-pyrrole nitrogens is 1. The average molecular weight is 199 g/mol. The SMILES string of the molecule is O=C=NCc1cn[nH]c1-c1ccccc1. The van der Waals surface area contributed by atoms with Crippen molar-refractivity contribution in [2.24, 2.45) is 4.99 Å². The van der Waals surface area contributed by atoms with Crippen LogP contribution in [0.5, 0.6) is 0 Å². The average Bonchev–Trinajstić information content (AvgIpc) is 2.75. The Morgan fingerprint density at radius 1 is 1.33 bits per heavy atom. The van der Waals surface area contributed by atoms with Crippen molar-refractivity contribution in [1.29, 1.82) is 0 Å². The normalized spacial score (nSPS) is 9.60. The molecule has 0 unspecified atom stereocenters. The first-order valence-corrected chi connectivity index (χ1v) is 4.53. The Hall–Kier alpha value is -2.19. The zero-order valence-corrected chi connectivity index (χ0v) is 7.97. The van der Waals surface area contributed by atoms with Crippen LogP contribution in [0.25, 0.3) is 11.3 Å². The van der Waals surface area contributed by atoms with Crippen LogP contribution in [-0.4, -0.2) is 16.3 Å². The molecule has 0 fully saturated rings. The van der Waals surface area contributed by atoms with Gasteiger partial charge in [-0.3, -0.25) is 5.10 Å². The van der Waals surface area contributed by atoms with Gasteiger partial charge in [0.1, 0.15) is 0 Å². The van der Waals surface area contributed by atoms with Crippen LogP contribution < -0.4 is 0 Å². The predicted molar refractivity (Wildman–Crippen MR) is 55.8 cm³/mol. The van der Waals surface area contributed by atoms with Crippen molar-refractivity contribution >= 4 is 6.08 Å². The monoisotopic (exact) mass is 199 g/mol. The Morgan fingerprint density at radius 2 is 2.13 bits per heavy atom. The van der Waals surface area contributed by atoms with E-state index in [1.165, 1.54) is 6.08 Å². The number of nitrogens with zero attached hydrogens (tertiary/aromatic N) is 2. The first kappa shape index (κ1) is 9.37. The van der Waals surface area contributed by atoms with E-state index in [2.05, 4.69) is 15.2 Å². The Kier molecular flexibility index (Phi) is 2.72. The van der Waals surface area contributed by atoms with E-state index in [-0.39, 0.29) is 0 Å². The molecule has 0 aliphatic heterocycles. The summed E-state index contributed by atoms with van der Waals surface area (Å²) >= 11 is 0. The lowest BCUT2D eigenvalue weighted by Crippen LogP contribution is -1.84. The van der Waals surface area contributed by atoms with Gasteiger partial charge in [-0.15, -0.1) is 0 Å². The third-order valence-electron chi connectivity index (χ3n) is 2.09. The molecule has 1 aromatic carbocycles. The number of benzene rings is 1. The highest BCUT2D eigenvalue weighted by Gasteiger charge is 2.05. The second-order valence-electron chi connectivity index (χ2n) is 3.04. The molecule has 1 aromatic heterocycles. The molecule has 0 aliphatic rings. The number of aromatic nitrogens is 2. The fraction of sp³-hybridized carbons (Fsp3) is 0.0909. The zero-order chi connectivity index (χ0) is 10.5. The third-order valence-corrected chi connectivity index (χ3v) is 2.09. The van der Waals surface area contributed by atoms with Crippen LogP contribution in [0.2, 0.25) is 0 Å². The largest absolute Gasteiger partial charge is 0.277 e. The second-order valence-corrected chi connectivity index (χ2v) is 3.04. The summed E-state index contributed by atoms with van der Waals surface area (Å²) < 4.78 is 0. The van der Waals surface area contributed by atoms with E-state index in [4.69, 9.17) is 0 Å². The van der Waals surface area contributed by atoms with E-state index in [1.807, 2.05) is 30.3 Å². The zero-order valence-electron chi connectivity index (χ0n) is 7.97. The molecular formula is C11H9N3O. The van der Waals surface area contributed by atoms with E-state index >= 15 is 0 Å². The van der Waals surface area contributed by atoms with Crippen LogP contribution in [0, 0.1) is 0 Å². The summed E-state index contributed by atoms with van der Waals surface area (Å²) in [7, 11) is 0. The minimum absolute atomic E-state index is 0.310. The van der Waals surface area contributed by atoms with Crippen molar-refractivity contribution in [3.8, 4) is 11.3 Å². The smallest absolute Gasteiger partial charge is 0.235 e. The Labute approximate surface area is 86.7 Å². The van der Waals surface area contributed by atoms with Gasteiger partial charge in [-0.1, -0.05) is 30.3 Å². The quantitative estimate of drug-likeness (QED) is 0.606. The summed E-state index contributed by atoms with van der Waals surface area (Å²) in [6, 6.07) is 9.79. The molecule has 4 heteroatoms. The molecule has 2 aromatic rings. The Bertz CT molecular complexity index is 484. The lowest BCUT2D eigenvalue weighted by Gasteiger charge is -1.99. The highest BCUT2D eigenvalue weighted by Crippen LogP contribution is 2.20. The number of hydrogen-bond donors (Lipinski definition) is 1. The van der Waals surface area contributed by atoms with Crippen LogP contribution >= 0.6 is 0 Å². The fourth-order valence-electron chi connectivity index (χ4n) is 1.40. The summed E-state index contributed by atoms with van der Waals surface area (Å²) in [5, 5.41) is 6.83. The lowest BCUT2D eigenvalue weighted by molar-refractivity contribution is 0.563. The van der Waals surface area contributed by atoms with Gasteiger partial charge in [0, 0.05) is 5.56 Å². The van der Waals surface area contributed by atoms with Gasteiger partial charge >= 0.3 is 0 Å². The topological polar surface area (TPSA) is 58.1 Å². The van der Waals surface area contributed by atoms with Crippen molar-refractivity contribution in [1.82, 2.24) is 10.2 Å². The predicted octanol–water partition coefficient (Wildman–Crippen LogP) is 1.91. The number of carbonyl (C=O) groups excluding carboxylic acids is 1. The van der Waals surface area contributed by atoms with Crippen LogP contribution in [0.1, 0.15) is 5.56 Å². The first-order chi connectivity index (χ1) is 7.42. The molecule has 74 valence electrons. The van der Waals surface area contributed by atoms with E-state index < -0.39 is 0 Å². The maximum absolute atomic E-state index is 10.0. The molecular weight excluding hydrogens is 190 g/mol. The highest BCUT2D eigenvalue weighted by molar-refractivity contribution is 5.62. The molecule has 1 heterocycles. The van der Waals surface area contributed by atoms with Crippen molar-refractivity contribution < 1.29 is 4.79 Å². The van der Waals surface area contributed by atoms with E-state index in [0.717, 1.165) is 16.8 Å². The van der Waals surface area contributed by atoms with E-state index in [0.29, 0.717) is 6.54 Å². The summed E-state index contributed by atoms with van der Waals surface area (Å²) in [6.07, 6.45) is 3.19. The van der Waals surface area contributed by atoms with Crippen molar-refractivity contribution in [3.63, 3.8) is 0 Å². The van der Waals surface area contributed by atoms with Gasteiger partial charge in [0.25, 0.3) is 0 Å². The molecule has 0 bridgehead atoms. The van der Waals surface area contributed by atoms with Crippen molar-refractivity contribution in [2.45, 2.75) is 6.54 Å². The maximum atomic E-state index is 10.0. The van der Waals surface area contributed by atoms with Crippen LogP contribution in [0.15, 0.2) is 41.5 Å². The molecule has 4 nitrogen and oxygen atoms in total. The molecule has 0 aliphatic carbocycles. The van der Waals surface area contributed by atoms with Gasteiger partial charge in [0.2, 0.25) is 6.08 Å². The molecule has 0 saturated carbocycles. The van der Waals surface area contributed by atoms with Crippen LogP contribution in [0.3, 0.4) is 0 Å². The minimum Gasteiger partial charge on any atom is -0.277 e. The van der Waals surface area contributed by atoms with Crippen molar-refractivity contribution in [3.05, 3.63) is 42.1 Å². The van der Waals surface area contributed by atoms with Gasteiger partial charge in [-0.05, 0) is 5.56 Å². The standard InChI is InChI=1S/C11H9N3O/c15-8-12-6-10-7-13-14-11(10)9-4-2-1-3-5-9/h1-5,7H,6H2,(H,13,14). The summed E-state index contributed by atoms with van der Waals surface area (Å²) in [5.74, 6) is 0. The highest BCUT2D eigenvalue weighted by atomic mass is 16.1. The summed E-state index contributed by atoms with van der Waals surface area (Å²) in [6.45, 7) is 0.310. The molecule has 1 N–H and O–H groups in total. The third kappa shape index (κ3) is 2.00. The molecule has 0 saturated heterocycles. The lowest BCUT2D eigenvalue weighted by atomic mass is 10.1. The van der Waals surface area contributed by atoms with Gasteiger partial charge < -0.3 is 0 Å². The Morgan fingerprint density at radius 3 is 2.87 bits per heavy atom. The number of aliphatic imine (C=N–C) groups is 1. The first-order valence-electron chi connectivity index (χ1n) is 4.53. The molecule has 0 amide bonds. The molecule has 15 heavy (non-hydrogen) atoms. The Balaban J connectivity index is 2.37. The summed E-state index contributed by atoms with van der Waals surface area (Å²) in [4.78, 5) is 13.6. The molecule has 0 radical (unpaired) electrons. The number of hydrogen-bond acceptors (Lipinski definition) is 3. The number of nitrogens with one attached hydrogen (secondary N) is 1. The summed E-state index contributed by atoms with van der Waals surface area (Å²) in [5.41, 5.74) is 2.82. The molecule has 2 rings (SSSR count). The van der Waals surface area contributed by atoms with Crippen LogP contribution in [-0.2, 0) is 11.3 Å².